The lowest BCUT2D eigenvalue weighted by molar-refractivity contribution is 0.0806. The monoisotopic (exact) mass is 488 g/mol. The lowest BCUT2D eigenvalue weighted by atomic mass is 9.97. The first-order chi connectivity index (χ1) is 17.1. The Morgan fingerprint density at radius 3 is 2.44 bits per heavy atom. The maximum atomic E-state index is 13.5. The molecule has 1 N–H and O–H groups in total. The number of aryl methyl sites for hydroxylation is 1. The van der Waals surface area contributed by atoms with Gasteiger partial charge in [0, 0.05) is 42.4 Å². The number of hydrogen-bond donors (Lipinski definition) is 1. The van der Waals surface area contributed by atoms with Gasteiger partial charge in [-0.05, 0) is 88.8 Å². The molecule has 36 heavy (non-hydrogen) atoms. The minimum Gasteiger partial charge on any atom is -0.390 e. The van der Waals surface area contributed by atoms with Gasteiger partial charge in [-0.3, -0.25) is 4.68 Å². The summed E-state index contributed by atoms with van der Waals surface area (Å²) in [6.07, 6.45) is 5.17. The van der Waals surface area contributed by atoms with Crippen molar-refractivity contribution in [3.8, 4) is 17.1 Å². The van der Waals surface area contributed by atoms with E-state index in [9.17, 15) is 9.50 Å². The van der Waals surface area contributed by atoms with Gasteiger partial charge in [-0.25, -0.2) is 19.0 Å². The molecule has 8 heteroatoms. The summed E-state index contributed by atoms with van der Waals surface area (Å²) in [5, 5.41) is 20.0. The molecule has 5 rings (SSSR count). The average Bonchev–Trinajstić information content (AvgIpc) is 3.54. The van der Waals surface area contributed by atoms with Crippen LogP contribution in [0.15, 0.2) is 36.7 Å². The molecule has 0 amide bonds. The van der Waals surface area contributed by atoms with Crippen molar-refractivity contribution in [3.05, 3.63) is 76.4 Å². The maximum Gasteiger partial charge on any atom is 0.157 e. The van der Waals surface area contributed by atoms with Crippen molar-refractivity contribution < 1.29 is 9.50 Å². The zero-order valence-corrected chi connectivity index (χ0v) is 21.6. The topological polar surface area (TPSA) is 81.7 Å². The largest absolute Gasteiger partial charge is 0.390 e. The van der Waals surface area contributed by atoms with E-state index >= 15 is 0 Å². The van der Waals surface area contributed by atoms with E-state index in [2.05, 4.69) is 21.6 Å². The molecule has 0 bridgehead atoms. The van der Waals surface area contributed by atoms with Crippen LogP contribution in [-0.4, -0.2) is 40.2 Å². The van der Waals surface area contributed by atoms with Gasteiger partial charge in [0.2, 0.25) is 0 Å². The third-order valence-electron chi connectivity index (χ3n) is 6.89. The van der Waals surface area contributed by atoms with Crippen LogP contribution in [0.3, 0.4) is 0 Å². The van der Waals surface area contributed by atoms with E-state index in [0.717, 1.165) is 51.7 Å². The molecular formula is C28H33FN6O. The van der Waals surface area contributed by atoms with Crippen LogP contribution in [0.25, 0.3) is 17.1 Å². The Balaban J connectivity index is 1.49. The van der Waals surface area contributed by atoms with E-state index in [4.69, 9.17) is 10.2 Å². The Morgan fingerprint density at radius 1 is 1.06 bits per heavy atom. The number of aliphatic hydroxyl groups is 1. The number of rotatable bonds is 8. The zero-order chi connectivity index (χ0) is 25.6. The van der Waals surface area contributed by atoms with Crippen molar-refractivity contribution in [1.29, 1.82) is 0 Å². The fraction of sp³-hybridized carbons (Fsp3) is 0.429. The first-order valence-corrected chi connectivity index (χ1v) is 12.5. The fourth-order valence-electron chi connectivity index (χ4n) is 4.74. The summed E-state index contributed by atoms with van der Waals surface area (Å²) in [5.41, 5.74) is 6.94. The maximum absolute atomic E-state index is 13.5. The molecule has 4 aromatic rings. The van der Waals surface area contributed by atoms with E-state index in [1.54, 1.807) is 32.3 Å². The molecule has 0 atom stereocenters. The van der Waals surface area contributed by atoms with Crippen molar-refractivity contribution in [2.45, 2.75) is 72.4 Å². The third kappa shape index (κ3) is 5.09. The summed E-state index contributed by atoms with van der Waals surface area (Å²) in [6.45, 7) is 10.5. The second-order valence-corrected chi connectivity index (χ2v) is 10.6. The molecule has 0 unspecified atom stereocenters. The molecule has 0 saturated heterocycles. The minimum absolute atomic E-state index is 0.252. The SMILES string of the molecule is Cc1nn(-c2cc(Cc3c(C)c(-c4ccc(F)cc4)nn3CC3CC3)ncn2)c(C)c1CC(C)(C)O. The van der Waals surface area contributed by atoms with Gasteiger partial charge in [-0.1, -0.05) is 0 Å². The van der Waals surface area contributed by atoms with Crippen molar-refractivity contribution in [3.63, 3.8) is 0 Å². The first kappa shape index (κ1) is 24.3. The lowest BCUT2D eigenvalue weighted by Gasteiger charge is -2.17. The molecule has 188 valence electrons. The summed E-state index contributed by atoms with van der Waals surface area (Å²) in [6, 6.07) is 8.50. The lowest BCUT2D eigenvalue weighted by Crippen LogP contribution is -2.22. The molecule has 0 spiro atoms. The highest BCUT2D eigenvalue weighted by Crippen LogP contribution is 2.33. The molecule has 0 aliphatic heterocycles. The summed E-state index contributed by atoms with van der Waals surface area (Å²) >= 11 is 0. The summed E-state index contributed by atoms with van der Waals surface area (Å²) in [4.78, 5) is 9.06. The van der Waals surface area contributed by atoms with Gasteiger partial charge < -0.3 is 5.11 Å². The normalized spacial score (nSPS) is 14.0. The van der Waals surface area contributed by atoms with Crippen molar-refractivity contribution in [2.24, 2.45) is 5.92 Å². The quantitative estimate of drug-likeness (QED) is 0.381. The Bertz CT molecular complexity index is 1390. The van der Waals surface area contributed by atoms with Crippen molar-refractivity contribution >= 4 is 0 Å². The van der Waals surface area contributed by atoms with Gasteiger partial charge in [-0.15, -0.1) is 0 Å². The van der Waals surface area contributed by atoms with Crippen LogP contribution in [0.1, 0.15) is 60.6 Å². The zero-order valence-electron chi connectivity index (χ0n) is 21.6. The minimum atomic E-state index is -0.820. The molecule has 1 aliphatic carbocycles. The molecule has 1 fully saturated rings. The molecule has 1 aromatic carbocycles. The second-order valence-electron chi connectivity index (χ2n) is 10.6. The molecule has 1 aliphatic rings. The van der Waals surface area contributed by atoms with Gasteiger partial charge >= 0.3 is 0 Å². The first-order valence-electron chi connectivity index (χ1n) is 12.5. The van der Waals surface area contributed by atoms with Crippen LogP contribution in [0.5, 0.6) is 0 Å². The third-order valence-corrected chi connectivity index (χ3v) is 6.89. The number of nitrogens with zero attached hydrogens (tertiary/aromatic N) is 6. The van der Waals surface area contributed by atoms with E-state index < -0.39 is 5.60 Å². The Morgan fingerprint density at radius 2 is 1.78 bits per heavy atom. The van der Waals surface area contributed by atoms with E-state index in [-0.39, 0.29) is 5.82 Å². The van der Waals surface area contributed by atoms with Gasteiger partial charge in [0.15, 0.2) is 5.82 Å². The smallest absolute Gasteiger partial charge is 0.157 e. The highest BCUT2D eigenvalue weighted by molar-refractivity contribution is 5.64. The molecule has 1 saturated carbocycles. The Labute approximate surface area is 211 Å². The second kappa shape index (κ2) is 9.24. The van der Waals surface area contributed by atoms with Crippen LogP contribution in [0.2, 0.25) is 0 Å². The van der Waals surface area contributed by atoms with Gasteiger partial charge in [0.05, 0.1) is 22.7 Å². The van der Waals surface area contributed by atoms with Crippen molar-refractivity contribution in [1.82, 2.24) is 29.5 Å². The predicted molar refractivity (Wildman–Crippen MR) is 137 cm³/mol. The molecule has 3 aromatic heterocycles. The number of hydrogen-bond acceptors (Lipinski definition) is 5. The standard InChI is InChI=1S/C28H33FN6O/c1-17-25(34(15-20-6-7-20)33-27(17)21-8-10-22(29)11-9-21)12-23-13-26(31-16-30-23)35-19(3)24(18(2)32-35)14-28(4,5)36/h8-11,13,16,20,36H,6-7,12,14-15H2,1-5H3. The highest BCUT2D eigenvalue weighted by Gasteiger charge is 2.26. The summed E-state index contributed by atoms with van der Waals surface area (Å²) in [5.74, 6) is 1.11. The van der Waals surface area contributed by atoms with Crippen LogP contribution in [-0.2, 0) is 19.4 Å². The van der Waals surface area contributed by atoms with E-state index in [1.165, 1.54) is 25.0 Å². The molecule has 0 radical (unpaired) electrons. The summed E-state index contributed by atoms with van der Waals surface area (Å²) in [7, 11) is 0. The fourth-order valence-corrected chi connectivity index (χ4v) is 4.74. The van der Waals surface area contributed by atoms with Gasteiger partial charge in [0.1, 0.15) is 12.1 Å². The highest BCUT2D eigenvalue weighted by atomic mass is 19.1. The van der Waals surface area contributed by atoms with Crippen LogP contribution in [0.4, 0.5) is 4.39 Å². The Hall–Kier alpha value is -3.39. The molecule has 7 nitrogen and oxygen atoms in total. The Kier molecular flexibility index (Phi) is 6.24. The number of halogens is 1. The van der Waals surface area contributed by atoms with Crippen LogP contribution >= 0.6 is 0 Å². The van der Waals surface area contributed by atoms with Gasteiger partial charge in [-0.2, -0.15) is 10.2 Å². The van der Waals surface area contributed by atoms with Gasteiger partial charge in [0.25, 0.3) is 0 Å². The van der Waals surface area contributed by atoms with E-state index in [0.29, 0.717) is 24.6 Å². The van der Waals surface area contributed by atoms with E-state index in [1.807, 2.05) is 24.6 Å². The number of aromatic nitrogens is 6. The average molecular weight is 489 g/mol. The van der Waals surface area contributed by atoms with Crippen LogP contribution in [0, 0.1) is 32.5 Å². The van der Waals surface area contributed by atoms with Crippen LogP contribution < -0.4 is 0 Å². The summed E-state index contributed by atoms with van der Waals surface area (Å²) < 4.78 is 17.5. The predicted octanol–water partition coefficient (Wildman–Crippen LogP) is 4.90. The number of benzene rings is 1. The molecule has 3 heterocycles. The molecular weight excluding hydrogens is 455 g/mol. The van der Waals surface area contributed by atoms with Crippen molar-refractivity contribution in [2.75, 3.05) is 0 Å².